The van der Waals surface area contributed by atoms with E-state index >= 15 is 0 Å². The van der Waals surface area contributed by atoms with Gasteiger partial charge in [-0.1, -0.05) is 32.8 Å². The SMILES string of the molecule is CCN(CC)CCOc1ccc(CNC(=O)C2CCCCC2(C)N)cc1OC.Cl.Cl. The molecule has 0 bridgehead atoms. The van der Waals surface area contributed by atoms with Gasteiger partial charge in [0.05, 0.1) is 13.0 Å². The molecule has 30 heavy (non-hydrogen) atoms. The molecule has 1 saturated carbocycles. The number of methoxy groups -OCH3 is 1. The third-order valence-corrected chi connectivity index (χ3v) is 5.83. The number of amides is 1. The summed E-state index contributed by atoms with van der Waals surface area (Å²) in [5.41, 5.74) is 6.91. The summed E-state index contributed by atoms with van der Waals surface area (Å²) in [6, 6.07) is 5.81. The first-order valence-corrected chi connectivity index (χ1v) is 10.5. The van der Waals surface area contributed by atoms with Crippen LogP contribution in [0.2, 0.25) is 0 Å². The maximum atomic E-state index is 12.6. The monoisotopic (exact) mass is 463 g/mol. The Morgan fingerprint density at radius 2 is 1.93 bits per heavy atom. The fourth-order valence-corrected chi connectivity index (χ4v) is 3.87. The van der Waals surface area contributed by atoms with Crippen LogP contribution in [0.3, 0.4) is 0 Å². The number of likely N-dealkylation sites (N-methyl/N-ethyl adjacent to an activating group) is 1. The molecule has 1 aliphatic carbocycles. The molecule has 0 aromatic heterocycles. The zero-order valence-corrected chi connectivity index (χ0v) is 20.4. The average molecular weight is 464 g/mol. The van der Waals surface area contributed by atoms with Crippen LogP contribution in [0.25, 0.3) is 0 Å². The van der Waals surface area contributed by atoms with E-state index in [1.54, 1.807) is 7.11 Å². The Balaban J connectivity index is 0.00000420. The van der Waals surface area contributed by atoms with Crippen LogP contribution in [0.1, 0.15) is 52.0 Å². The molecule has 2 rings (SSSR count). The molecular weight excluding hydrogens is 425 g/mol. The highest BCUT2D eigenvalue weighted by Gasteiger charge is 2.37. The van der Waals surface area contributed by atoms with Gasteiger partial charge in [0.15, 0.2) is 11.5 Å². The first kappa shape index (κ1) is 28.8. The van der Waals surface area contributed by atoms with Crippen LogP contribution in [0, 0.1) is 5.92 Å². The third-order valence-electron chi connectivity index (χ3n) is 5.83. The van der Waals surface area contributed by atoms with E-state index in [4.69, 9.17) is 15.2 Å². The third kappa shape index (κ3) is 8.14. The molecule has 6 nitrogen and oxygen atoms in total. The van der Waals surface area contributed by atoms with E-state index in [0.29, 0.717) is 18.9 Å². The summed E-state index contributed by atoms with van der Waals surface area (Å²) in [5.74, 6) is 1.34. The molecule has 0 saturated heterocycles. The maximum absolute atomic E-state index is 12.6. The van der Waals surface area contributed by atoms with E-state index in [9.17, 15) is 4.79 Å². The summed E-state index contributed by atoms with van der Waals surface area (Å²) >= 11 is 0. The number of nitrogens with two attached hydrogens (primary N) is 1. The first-order valence-electron chi connectivity index (χ1n) is 10.5. The van der Waals surface area contributed by atoms with Gasteiger partial charge < -0.3 is 25.4 Å². The van der Waals surface area contributed by atoms with Gasteiger partial charge in [0.1, 0.15) is 6.61 Å². The number of benzene rings is 1. The van der Waals surface area contributed by atoms with Crippen molar-refractivity contribution >= 4 is 30.7 Å². The van der Waals surface area contributed by atoms with Gasteiger partial charge in [0, 0.05) is 18.6 Å². The Kier molecular flexibility index (Phi) is 13.4. The molecule has 2 unspecified atom stereocenters. The van der Waals surface area contributed by atoms with Crippen LogP contribution in [0.4, 0.5) is 0 Å². The highest BCUT2D eigenvalue weighted by molar-refractivity contribution is 5.85. The average Bonchev–Trinajstić information content (AvgIpc) is 2.69. The number of carbonyl (C=O) groups excluding carboxylic acids is 1. The largest absolute Gasteiger partial charge is 0.493 e. The van der Waals surface area contributed by atoms with Crippen molar-refractivity contribution in [2.24, 2.45) is 11.7 Å². The van der Waals surface area contributed by atoms with Gasteiger partial charge in [-0.3, -0.25) is 4.79 Å². The van der Waals surface area contributed by atoms with E-state index in [-0.39, 0.29) is 36.6 Å². The summed E-state index contributed by atoms with van der Waals surface area (Å²) in [6.45, 7) is 10.3. The molecule has 0 heterocycles. The molecule has 8 heteroatoms. The van der Waals surface area contributed by atoms with Crippen LogP contribution in [0.15, 0.2) is 18.2 Å². The van der Waals surface area contributed by atoms with E-state index in [0.717, 1.165) is 56.6 Å². The molecule has 174 valence electrons. The fraction of sp³-hybridized carbons (Fsp3) is 0.682. The van der Waals surface area contributed by atoms with Crippen LogP contribution < -0.4 is 20.5 Å². The van der Waals surface area contributed by atoms with Crippen molar-refractivity contribution in [2.75, 3.05) is 33.4 Å². The van der Waals surface area contributed by atoms with Crippen LogP contribution in [0.5, 0.6) is 11.5 Å². The van der Waals surface area contributed by atoms with Crippen molar-refractivity contribution < 1.29 is 14.3 Å². The summed E-state index contributed by atoms with van der Waals surface area (Å²) in [5, 5.41) is 3.05. The predicted molar refractivity (Wildman–Crippen MR) is 127 cm³/mol. The topological polar surface area (TPSA) is 76.8 Å². The van der Waals surface area contributed by atoms with Gasteiger partial charge in [0.25, 0.3) is 0 Å². The molecule has 1 amide bonds. The minimum Gasteiger partial charge on any atom is -0.493 e. The molecule has 1 aromatic carbocycles. The van der Waals surface area contributed by atoms with Gasteiger partial charge in [-0.05, 0) is 50.6 Å². The van der Waals surface area contributed by atoms with Crippen molar-refractivity contribution in [1.29, 1.82) is 0 Å². The standard InChI is InChI=1S/C22H37N3O3.2ClH/c1-5-25(6-2)13-14-28-19-11-10-17(15-20(19)27-4)16-24-21(26)18-9-7-8-12-22(18,3)23;;/h10-11,15,18H,5-9,12-14,16,23H2,1-4H3,(H,24,26);2*1H. The second-order valence-corrected chi connectivity index (χ2v) is 7.88. The Bertz CT molecular complexity index is 640. The second-order valence-electron chi connectivity index (χ2n) is 7.88. The lowest BCUT2D eigenvalue weighted by Crippen LogP contribution is -2.52. The second kappa shape index (κ2) is 14.0. The maximum Gasteiger partial charge on any atom is 0.225 e. The number of carbonyl (C=O) groups is 1. The molecule has 1 aliphatic rings. The zero-order chi connectivity index (χ0) is 20.6. The van der Waals surface area contributed by atoms with Crippen LogP contribution in [-0.2, 0) is 11.3 Å². The first-order chi connectivity index (χ1) is 13.4. The number of rotatable bonds is 10. The smallest absolute Gasteiger partial charge is 0.225 e. The Labute approximate surface area is 194 Å². The zero-order valence-electron chi connectivity index (χ0n) is 18.7. The summed E-state index contributed by atoms with van der Waals surface area (Å²) in [6.07, 6.45) is 3.93. The molecule has 2 atom stereocenters. The summed E-state index contributed by atoms with van der Waals surface area (Å²) < 4.78 is 11.4. The number of hydrogen-bond donors (Lipinski definition) is 2. The number of halogens is 2. The van der Waals surface area contributed by atoms with E-state index in [1.165, 1.54) is 0 Å². The minimum absolute atomic E-state index is 0. The Hall–Kier alpha value is -1.21. The van der Waals surface area contributed by atoms with Gasteiger partial charge in [-0.2, -0.15) is 0 Å². The van der Waals surface area contributed by atoms with E-state index in [2.05, 4.69) is 24.1 Å². The van der Waals surface area contributed by atoms with Gasteiger partial charge >= 0.3 is 0 Å². The normalized spacial score (nSPS) is 20.7. The highest BCUT2D eigenvalue weighted by atomic mass is 35.5. The van der Waals surface area contributed by atoms with Crippen molar-refractivity contribution in [3.63, 3.8) is 0 Å². The van der Waals surface area contributed by atoms with Crippen molar-refractivity contribution in [2.45, 2.75) is 58.5 Å². The molecule has 1 aromatic rings. The molecular formula is C22H39Cl2N3O3. The molecule has 1 fully saturated rings. The highest BCUT2D eigenvalue weighted by Crippen LogP contribution is 2.32. The van der Waals surface area contributed by atoms with Gasteiger partial charge in [-0.25, -0.2) is 0 Å². The minimum atomic E-state index is -0.414. The Morgan fingerprint density at radius 1 is 1.23 bits per heavy atom. The quantitative estimate of drug-likeness (QED) is 0.551. The fourth-order valence-electron chi connectivity index (χ4n) is 3.87. The predicted octanol–water partition coefficient (Wildman–Crippen LogP) is 3.78. The van der Waals surface area contributed by atoms with Crippen molar-refractivity contribution in [1.82, 2.24) is 10.2 Å². The van der Waals surface area contributed by atoms with Crippen LogP contribution >= 0.6 is 24.8 Å². The van der Waals surface area contributed by atoms with E-state index in [1.807, 2.05) is 25.1 Å². The van der Waals surface area contributed by atoms with E-state index < -0.39 is 5.54 Å². The number of nitrogens with zero attached hydrogens (tertiary/aromatic N) is 1. The summed E-state index contributed by atoms with van der Waals surface area (Å²) in [7, 11) is 1.64. The Morgan fingerprint density at radius 3 is 2.53 bits per heavy atom. The lowest BCUT2D eigenvalue weighted by Gasteiger charge is -2.37. The number of hydrogen-bond acceptors (Lipinski definition) is 5. The molecule has 3 N–H and O–H groups in total. The lowest BCUT2D eigenvalue weighted by atomic mass is 9.74. The number of ether oxygens (including phenoxy) is 2. The van der Waals surface area contributed by atoms with Gasteiger partial charge in [0.2, 0.25) is 5.91 Å². The summed E-state index contributed by atoms with van der Waals surface area (Å²) in [4.78, 5) is 14.9. The molecule has 0 radical (unpaired) electrons. The lowest BCUT2D eigenvalue weighted by molar-refractivity contribution is -0.128. The van der Waals surface area contributed by atoms with Crippen LogP contribution in [-0.4, -0.2) is 49.7 Å². The molecule has 0 aliphatic heterocycles. The number of nitrogens with one attached hydrogen (secondary N) is 1. The van der Waals surface area contributed by atoms with Crippen molar-refractivity contribution in [3.8, 4) is 11.5 Å². The molecule has 0 spiro atoms. The van der Waals surface area contributed by atoms with Gasteiger partial charge in [-0.15, -0.1) is 24.8 Å². The van der Waals surface area contributed by atoms with Crippen molar-refractivity contribution in [3.05, 3.63) is 23.8 Å².